The minimum absolute atomic E-state index is 0.278. The molecule has 0 aromatic carbocycles. The van der Waals surface area contributed by atoms with Gasteiger partial charge >= 0.3 is 0 Å². The number of carbonyl (C=O) groups is 1. The second kappa shape index (κ2) is 4.80. The fourth-order valence-corrected chi connectivity index (χ4v) is 3.40. The highest BCUT2D eigenvalue weighted by Gasteiger charge is 2.38. The Labute approximate surface area is 107 Å². The minimum Gasteiger partial charge on any atom is -0.299 e. The van der Waals surface area contributed by atoms with Gasteiger partial charge in [0.25, 0.3) is 0 Å². The Morgan fingerprint density at radius 1 is 1.39 bits per heavy atom. The number of aryl methyl sites for hydroxylation is 1. The normalized spacial score (nSPS) is 29.3. The maximum Gasteiger partial charge on any atom is 0.140 e. The van der Waals surface area contributed by atoms with Crippen LogP contribution in [0.4, 0.5) is 0 Å². The maximum atomic E-state index is 11.9. The average molecular weight is 248 g/mol. The van der Waals surface area contributed by atoms with E-state index in [2.05, 4.69) is 15.0 Å². The summed E-state index contributed by atoms with van der Waals surface area (Å²) in [6.45, 7) is 1.91. The minimum atomic E-state index is 0.278. The van der Waals surface area contributed by atoms with Crippen LogP contribution in [0.2, 0.25) is 0 Å². The summed E-state index contributed by atoms with van der Waals surface area (Å²) >= 11 is 0. The van der Waals surface area contributed by atoms with Crippen molar-refractivity contribution in [2.75, 3.05) is 6.54 Å². The summed E-state index contributed by atoms with van der Waals surface area (Å²) in [5, 5.41) is 4.11. The van der Waals surface area contributed by atoms with Crippen LogP contribution in [0.1, 0.15) is 37.9 Å². The summed E-state index contributed by atoms with van der Waals surface area (Å²) in [7, 11) is 1.92. The van der Waals surface area contributed by atoms with Crippen molar-refractivity contribution in [3.8, 4) is 0 Å². The van der Waals surface area contributed by atoms with Gasteiger partial charge < -0.3 is 0 Å². The number of rotatable bonds is 3. The van der Waals surface area contributed by atoms with E-state index in [0.29, 0.717) is 11.8 Å². The van der Waals surface area contributed by atoms with Gasteiger partial charge in [0.05, 0.1) is 6.54 Å². The van der Waals surface area contributed by atoms with Crippen LogP contribution in [-0.4, -0.2) is 38.0 Å². The highest BCUT2D eigenvalue weighted by molar-refractivity contribution is 5.83. The first-order chi connectivity index (χ1) is 8.75. The maximum absolute atomic E-state index is 11.9. The zero-order valence-electron chi connectivity index (χ0n) is 10.9. The highest BCUT2D eigenvalue weighted by Crippen LogP contribution is 2.33. The van der Waals surface area contributed by atoms with E-state index < -0.39 is 0 Å². The standard InChI is InChI=1S/C13H20N4O/c1-16-13(14-9-15-16)8-17-7-3-5-11(17)10-4-2-6-12(10)18/h9-11H,2-8H2,1H3. The number of aromatic nitrogens is 3. The van der Waals surface area contributed by atoms with Gasteiger partial charge in [-0.1, -0.05) is 0 Å². The first-order valence-corrected chi connectivity index (χ1v) is 6.85. The topological polar surface area (TPSA) is 51.0 Å². The summed E-state index contributed by atoms with van der Waals surface area (Å²) in [5.74, 6) is 1.75. The molecule has 2 heterocycles. The van der Waals surface area contributed by atoms with Crippen LogP contribution < -0.4 is 0 Å². The molecule has 2 atom stereocenters. The number of hydrogen-bond donors (Lipinski definition) is 0. The van der Waals surface area contributed by atoms with Gasteiger partial charge in [0.15, 0.2) is 0 Å². The molecule has 5 heteroatoms. The van der Waals surface area contributed by atoms with E-state index in [4.69, 9.17) is 0 Å². The van der Waals surface area contributed by atoms with Crippen molar-refractivity contribution >= 4 is 5.78 Å². The molecule has 0 radical (unpaired) electrons. The molecule has 1 aromatic rings. The van der Waals surface area contributed by atoms with Crippen molar-refractivity contribution in [1.82, 2.24) is 19.7 Å². The Balaban J connectivity index is 1.71. The zero-order valence-corrected chi connectivity index (χ0v) is 10.9. The lowest BCUT2D eigenvalue weighted by molar-refractivity contribution is -0.122. The Morgan fingerprint density at radius 2 is 2.28 bits per heavy atom. The largest absolute Gasteiger partial charge is 0.299 e. The molecule has 0 bridgehead atoms. The van der Waals surface area contributed by atoms with Gasteiger partial charge in [-0.05, 0) is 32.2 Å². The van der Waals surface area contributed by atoms with E-state index in [0.717, 1.165) is 44.6 Å². The van der Waals surface area contributed by atoms with Crippen molar-refractivity contribution in [3.63, 3.8) is 0 Å². The van der Waals surface area contributed by atoms with Crippen LogP contribution in [0.5, 0.6) is 0 Å². The van der Waals surface area contributed by atoms with Crippen LogP contribution in [0, 0.1) is 5.92 Å². The van der Waals surface area contributed by atoms with Crippen LogP contribution in [-0.2, 0) is 18.4 Å². The lowest BCUT2D eigenvalue weighted by Crippen LogP contribution is -2.37. The van der Waals surface area contributed by atoms with Gasteiger partial charge in [0, 0.05) is 25.4 Å². The monoisotopic (exact) mass is 248 g/mol. The molecule has 1 aliphatic heterocycles. The van der Waals surface area contributed by atoms with Gasteiger partial charge in [-0.25, -0.2) is 4.98 Å². The van der Waals surface area contributed by atoms with E-state index >= 15 is 0 Å². The fourth-order valence-electron chi connectivity index (χ4n) is 3.40. The lowest BCUT2D eigenvalue weighted by Gasteiger charge is -2.27. The van der Waals surface area contributed by atoms with E-state index in [1.165, 1.54) is 6.42 Å². The summed E-state index contributed by atoms with van der Waals surface area (Å²) in [5.41, 5.74) is 0. The van der Waals surface area contributed by atoms with Crippen molar-refractivity contribution in [2.45, 2.75) is 44.7 Å². The third kappa shape index (κ3) is 2.07. The molecule has 1 saturated heterocycles. The Morgan fingerprint density at radius 3 is 2.94 bits per heavy atom. The summed E-state index contributed by atoms with van der Waals surface area (Å²) in [4.78, 5) is 18.6. The van der Waals surface area contributed by atoms with Crippen LogP contribution >= 0.6 is 0 Å². The van der Waals surface area contributed by atoms with Crippen molar-refractivity contribution in [3.05, 3.63) is 12.2 Å². The predicted octanol–water partition coefficient (Wildman–Crippen LogP) is 1.15. The molecule has 2 unspecified atom stereocenters. The number of ketones is 1. The molecule has 1 aromatic heterocycles. The molecule has 1 aliphatic carbocycles. The third-order valence-corrected chi connectivity index (χ3v) is 4.38. The van der Waals surface area contributed by atoms with Crippen molar-refractivity contribution in [1.29, 1.82) is 0 Å². The number of nitrogens with zero attached hydrogens (tertiary/aromatic N) is 4. The Bertz CT molecular complexity index is 442. The molecule has 2 fully saturated rings. The van der Waals surface area contributed by atoms with Gasteiger partial charge in [-0.2, -0.15) is 5.10 Å². The molecule has 3 rings (SSSR count). The zero-order chi connectivity index (χ0) is 12.5. The second-order valence-corrected chi connectivity index (χ2v) is 5.44. The first-order valence-electron chi connectivity index (χ1n) is 6.85. The van der Waals surface area contributed by atoms with E-state index in [1.54, 1.807) is 6.33 Å². The van der Waals surface area contributed by atoms with E-state index in [1.807, 2.05) is 11.7 Å². The average Bonchev–Trinajstić information content (AvgIpc) is 3.03. The quantitative estimate of drug-likeness (QED) is 0.805. The molecule has 0 N–H and O–H groups in total. The van der Waals surface area contributed by atoms with Gasteiger partial charge in [-0.3, -0.25) is 14.4 Å². The van der Waals surface area contributed by atoms with E-state index in [9.17, 15) is 4.79 Å². The lowest BCUT2D eigenvalue weighted by atomic mass is 9.95. The highest BCUT2D eigenvalue weighted by atomic mass is 16.1. The number of carbonyl (C=O) groups excluding carboxylic acids is 1. The van der Waals surface area contributed by atoms with Gasteiger partial charge in [-0.15, -0.1) is 0 Å². The Kier molecular flexibility index (Phi) is 3.16. The van der Waals surface area contributed by atoms with Crippen LogP contribution in [0.15, 0.2) is 6.33 Å². The van der Waals surface area contributed by atoms with E-state index in [-0.39, 0.29) is 5.92 Å². The summed E-state index contributed by atoms with van der Waals surface area (Å²) in [6, 6.07) is 0.441. The molecule has 0 spiro atoms. The summed E-state index contributed by atoms with van der Waals surface area (Å²) < 4.78 is 1.83. The predicted molar refractivity (Wildman–Crippen MR) is 66.8 cm³/mol. The third-order valence-electron chi connectivity index (χ3n) is 4.38. The van der Waals surface area contributed by atoms with Crippen LogP contribution in [0.25, 0.3) is 0 Å². The molecular weight excluding hydrogens is 228 g/mol. The van der Waals surface area contributed by atoms with Crippen molar-refractivity contribution < 1.29 is 4.79 Å². The SMILES string of the molecule is Cn1ncnc1CN1CCCC1C1CCCC1=O. The molecule has 98 valence electrons. The molecule has 5 nitrogen and oxygen atoms in total. The van der Waals surface area contributed by atoms with Crippen molar-refractivity contribution in [2.24, 2.45) is 13.0 Å². The van der Waals surface area contributed by atoms with Crippen LogP contribution in [0.3, 0.4) is 0 Å². The molecule has 0 amide bonds. The Hall–Kier alpha value is -1.23. The number of Topliss-reactive ketones (excluding diaryl/α,β-unsaturated/α-hetero) is 1. The molecule has 18 heavy (non-hydrogen) atoms. The van der Waals surface area contributed by atoms with Gasteiger partial charge in [0.2, 0.25) is 0 Å². The smallest absolute Gasteiger partial charge is 0.140 e. The molecule has 2 aliphatic rings. The molecular formula is C13H20N4O. The molecule has 1 saturated carbocycles. The second-order valence-electron chi connectivity index (χ2n) is 5.44. The first kappa shape index (κ1) is 11.8. The summed E-state index contributed by atoms with van der Waals surface area (Å²) in [6.07, 6.45) is 6.91. The number of hydrogen-bond acceptors (Lipinski definition) is 4. The fraction of sp³-hybridized carbons (Fsp3) is 0.769. The number of likely N-dealkylation sites (tertiary alicyclic amines) is 1. The van der Waals surface area contributed by atoms with Gasteiger partial charge in [0.1, 0.15) is 17.9 Å².